The van der Waals surface area contributed by atoms with Crippen molar-refractivity contribution in [2.75, 3.05) is 27.2 Å². The van der Waals surface area contributed by atoms with Crippen LogP contribution in [0.1, 0.15) is 110 Å². The molecular formula is C21H46N+. The molecule has 0 unspecified atom stereocenters. The molecule has 22 heavy (non-hydrogen) atoms. The van der Waals surface area contributed by atoms with Crippen LogP contribution in [0.4, 0.5) is 0 Å². The van der Waals surface area contributed by atoms with Gasteiger partial charge in [-0.1, -0.05) is 90.4 Å². The lowest BCUT2D eigenvalue weighted by Crippen LogP contribution is -2.39. The molecule has 0 aliphatic heterocycles. The summed E-state index contributed by atoms with van der Waals surface area (Å²) in [5.74, 6) is 0. The average molecular weight is 313 g/mol. The van der Waals surface area contributed by atoms with E-state index in [2.05, 4.69) is 27.9 Å². The van der Waals surface area contributed by atoms with Crippen LogP contribution >= 0.6 is 0 Å². The smallest absolute Gasteiger partial charge is 0.0782 e. The Kier molecular flexibility index (Phi) is 15.8. The van der Waals surface area contributed by atoms with Gasteiger partial charge in [-0.05, 0) is 19.8 Å². The third kappa shape index (κ3) is 16.3. The summed E-state index contributed by atoms with van der Waals surface area (Å²) in [5, 5.41) is 0. The molecule has 134 valence electrons. The number of unbranched alkanes of at least 4 members (excludes halogenated alkanes) is 14. The zero-order valence-electron chi connectivity index (χ0n) is 16.5. The van der Waals surface area contributed by atoms with Gasteiger partial charge in [-0.25, -0.2) is 0 Å². The topological polar surface area (TPSA) is 0 Å². The Labute approximate surface area is 142 Å². The Bertz CT molecular complexity index is 210. The summed E-state index contributed by atoms with van der Waals surface area (Å²) in [6.07, 6.45) is 21.9. The summed E-state index contributed by atoms with van der Waals surface area (Å²) in [6.45, 7) is 7.21. The van der Waals surface area contributed by atoms with E-state index in [1.165, 1.54) is 114 Å². The van der Waals surface area contributed by atoms with E-state index in [4.69, 9.17) is 0 Å². The Morgan fingerprint density at radius 3 is 1.09 bits per heavy atom. The molecule has 0 aromatic carbocycles. The molecule has 0 fully saturated rings. The summed E-state index contributed by atoms with van der Waals surface area (Å²) in [7, 11) is 4.70. The van der Waals surface area contributed by atoms with Crippen molar-refractivity contribution in [3.8, 4) is 0 Å². The van der Waals surface area contributed by atoms with E-state index in [1.54, 1.807) is 0 Å². The van der Waals surface area contributed by atoms with Gasteiger partial charge in [0.1, 0.15) is 0 Å². The summed E-state index contributed by atoms with van der Waals surface area (Å²) in [4.78, 5) is 0. The molecule has 0 N–H and O–H groups in total. The van der Waals surface area contributed by atoms with Crippen LogP contribution in [0, 0.1) is 0 Å². The summed E-state index contributed by atoms with van der Waals surface area (Å²) in [6, 6.07) is 0. The van der Waals surface area contributed by atoms with Gasteiger partial charge in [0, 0.05) is 0 Å². The predicted molar refractivity (Wildman–Crippen MR) is 102 cm³/mol. The van der Waals surface area contributed by atoms with Gasteiger partial charge < -0.3 is 4.48 Å². The van der Waals surface area contributed by atoms with Crippen LogP contribution in [0.5, 0.6) is 0 Å². The molecule has 0 aromatic heterocycles. The third-order valence-electron chi connectivity index (χ3n) is 5.22. The van der Waals surface area contributed by atoms with Gasteiger partial charge in [0.25, 0.3) is 0 Å². The first-order valence-corrected chi connectivity index (χ1v) is 10.4. The van der Waals surface area contributed by atoms with Crippen LogP contribution in [-0.2, 0) is 0 Å². The normalized spacial score (nSPS) is 12.0. The lowest BCUT2D eigenvalue weighted by atomic mass is 10.0. The van der Waals surface area contributed by atoms with Crippen molar-refractivity contribution in [2.45, 2.75) is 110 Å². The van der Waals surface area contributed by atoms with Crippen LogP contribution in [-0.4, -0.2) is 31.7 Å². The maximum absolute atomic E-state index is 2.35. The first kappa shape index (κ1) is 22.0. The summed E-state index contributed by atoms with van der Waals surface area (Å²) < 4.78 is 1.19. The fourth-order valence-electron chi connectivity index (χ4n) is 3.07. The fraction of sp³-hybridized carbons (Fsp3) is 1.00. The Morgan fingerprint density at radius 1 is 0.455 bits per heavy atom. The molecular weight excluding hydrogens is 266 g/mol. The highest BCUT2D eigenvalue weighted by Crippen LogP contribution is 2.13. The molecule has 0 heterocycles. The molecule has 0 atom stereocenters. The van der Waals surface area contributed by atoms with E-state index < -0.39 is 0 Å². The minimum Gasteiger partial charge on any atom is -0.329 e. The number of hydrogen-bond donors (Lipinski definition) is 0. The average Bonchev–Trinajstić information content (AvgIpc) is 2.51. The highest BCUT2D eigenvalue weighted by atomic mass is 15.3. The van der Waals surface area contributed by atoms with E-state index >= 15 is 0 Å². The molecule has 1 nitrogen and oxygen atoms in total. The second kappa shape index (κ2) is 15.8. The maximum atomic E-state index is 2.35. The van der Waals surface area contributed by atoms with Gasteiger partial charge in [-0.15, -0.1) is 0 Å². The van der Waals surface area contributed by atoms with Crippen LogP contribution in [0.3, 0.4) is 0 Å². The van der Waals surface area contributed by atoms with Crippen molar-refractivity contribution in [1.29, 1.82) is 0 Å². The molecule has 0 aromatic rings. The van der Waals surface area contributed by atoms with Crippen molar-refractivity contribution in [1.82, 2.24) is 0 Å². The molecule has 0 radical (unpaired) electrons. The third-order valence-corrected chi connectivity index (χ3v) is 5.22. The van der Waals surface area contributed by atoms with Gasteiger partial charge in [-0.2, -0.15) is 0 Å². The monoisotopic (exact) mass is 312 g/mol. The van der Waals surface area contributed by atoms with Crippen LogP contribution in [0.15, 0.2) is 0 Å². The molecule has 0 aliphatic rings. The first-order chi connectivity index (χ1) is 10.6. The standard InChI is InChI=1S/C21H46N/c1-5-7-8-9-10-11-12-13-14-15-16-17-18-19-20-21-22(3,4)6-2/h5-21H2,1-4H3/q+1. The van der Waals surface area contributed by atoms with Crippen LogP contribution in [0.25, 0.3) is 0 Å². The van der Waals surface area contributed by atoms with Gasteiger partial charge >= 0.3 is 0 Å². The molecule has 1 heteroatoms. The second-order valence-electron chi connectivity index (χ2n) is 7.93. The number of rotatable bonds is 17. The SMILES string of the molecule is CCCCCCCCCCCCCCCCC[N+](C)(C)CC. The fourth-order valence-corrected chi connectivity index (χ4v) is 3.07. The lowest BCUT2D eigenvalue weighted by molar-refractivity contribution is -0.888. The number of hydrogen-bond acceptors (Lipinski definition) is 0. The zero-order chi connectivity index (χ0) is 16.5. The molecule has 0 saturated heterocycles. The van der Waals surface area contributed by atoms with Gasteiger partial charge in [0.2, 0.25) is 0 Å². The van der Waals surface area contributed by atoms with Crippen LogP contribution < -0.4 is 0 Å². The molecule has 0 rings (SSSR count). The lowest BCUT2D eigenvalue weighted by Gasteiger charge is -2.28. The van der Waals surface area contributed by atoms with Crippen molar-refractivity contribution >= 4 is 0 Å². The summed E-state index contributed by atoms with van der Waals surface area (Å²) >= 11 is 0. The molecule has 0 aliphatic carbocycles. The second-order valence-corrected chi connectivity index (χ2v) is 7.93. The largest absolute Gasteiger partial charge is 0.329 e. The van der Waals surface area contributed by atoms with Gasteiger partial charge in [0.15, 0.2) is 0 Å². The van der Waals surface area contributed by atoms with E-state index in [0.717, 1.165) is 0 Å². The maximum Gasteiger partial charge on any atom is 0.0782 e. The van der Waals surface area contributed by atoms with Gasteiger partial charge in [0.05, 0.1) is 27.2 Å². The van der Waals surface area contributed by atoms with Crippen molar-refractivity contribution in [2.24, 2.45) is 0 Å². The first-order valence-electron chi connectivity index (χ1n) is 10.4. The van der Waals surface area contributed by atoms with E-state index in [0.29, 0.717) is 0 Å². The molecule has 0 spiro atoms. The van der Waals surface area contributed by atoms with Crippen molar-refractivity contribution < 1.29 is 4.48 Å². The Balaban J connectivity index is 3.06. The minimum absolute atomic E-state index is 1.19. The van der Waals surface area contributed by atoms with Crippen molar-refractivity contribution in [3.05, 3.63) is 0 Å². The van der Waals surface area contributed by atoms with Crippen molar-refractivity contribution in [3.63, 3.8) is 0 Å². The quantitative estimate of drug-likeness (QED) is 0.201. The minimum atomic E-state index is 1.19. The van der Waals surface area contributed by atoms with E-state index in [1.807, 2.05) is 0 Å². The van der Waals surface area contributed by atoms with Gasteiger partial charge in [-0.3, -0.25) is 0 Å². The van der Waals surface area contributed by atoms with E-state index in [9.17, 15) is 0 Å². The number of quaternary nitrogens is 1. The number of nitrogens with zero attached hydrogens (tertiary/aromatic N) is 1. The highest BCUT2D eigenvalue weighted by molar-refractivity contribution is 4.49. The Morgan fingerprint density at radius 2 is 0.773 bits per heavy atom. The Hall–Kier alpha value is -0.0400. The predicted octanol–water partition coefficient (Wildman–Crippen LogP) is 6.95. The highest BCUT2D eigenvalue weighted by Gasteiger charge is 2.09. The molecule has 0 saturated carbocycles. The molecule has 0 amide bonds. The molecule has 0 bridgehead atoms. The van der Waals surface area contributed by atoms with Crippen LogP contribution in [0.2, 0.25) is 0 Å². The van der Waals surface area contributed by atoms with E-state index in [-0.39, 0.29) is 0 Å². The summed E-state index contributed by atoms with van der Waals surface area (Å²) in [5.41, 5.74) is 0. The zero-order valence-corrected chi connectivity index (χ0v) is 16.5.